The number of carbonyl (C=O) groups excluding carboxylic acids is 18. The normalized spacial score (nSPS) is 15.8. The van der Waals surface area contributed by atoms with Gasteiger partial charge in [-0.05, 0) is 109 Å². The van der Waals surface area contributed by atoms with Gasteiger partial charge in [-0.25, -0.2) is 0 Å². The van der Waals surface area contributed by atoms with Gasteiger partial charge in [-0.1, -0.05) is 176 Å². The number of Topliss-reactive ketones (excluding diaryl/α,β-unsaturated/α-hetero) is 1. The van der Waals surface area contributed by atoms with Crippen molar-refractivity contribution in [2.45, 2.75) is 236 Å². The molecule has 2 aliphatic heterocycles. The molecule has 13 atom stereocenters. The minimum atomic E-state index is -1.76. The molecule has 0 unspecified atom stereocenters. The van der Waals surface area contributed by atoms with Crippen molar-refractivity contribution >= 4 is 106 Å². The lowest BCUT2D eigenvalue weighted by atomic mass is 10.00. The number of unbranched alkanes of at least 4 members (excludes halogenated alkanes) is 2. The lowest BCUT2D eigenvalue weighted by Crippen LogP contribution is -2.61. The van der Waals surface area contributed by atoms with Crippen LogP contribution in [0.15, 0.2) is 140 Å². The van der Waals surface area contributed by atoms with Crippen molar-refractivity contribution in [1.29, 1.82) is 0 Å². The molecule has 0 bridgehead atoms. The maximum atomic E-state index is 15.3. The number of rotatable bonds is 53. The molecule has 0 spiro atoms. The second-order valence-corrected chi connectivity index (χ2v) is 36.1. The van der Waals surface area contributed by atoms with Gasteiger partial charge in [0.15, 0.2) is 5.78 Å². The maximum absolute atomic E-state index is 15.3. The number of hydrogen-bond donors (Lipinski definition) is 14. The van der Waals surface area contributed by atoms with Crippen LogP contribution in [-0.4, -0.2) is 315 Å². The maximum Gasteiger partial charge on any atom is 0.246 e. The molecule has 750 valence electrons. The van der Waals surface area contributed by atoms with E-state index in [4.69, 9.17) is 11.5 Å². The molecule has 0 saturated carbocycles. The van der Waals surface area contributed by atoms with E-state index in [9.17, 15) is 82.4 Å². The van der Waals surface area contributed by atoms with Crippen molar-refractivity contribution in [3.8, 4) is 11.5 Å². The van der Waals surface area contributed by atoms with Gasteiger partial charge in [0.2, 0.25) is 100 Å². The fraction of sp³-hybridized carbons (Fsp3) is 0.515. The monoisotopic (exact) mass is 1920 g/mol. The van der Waals surface area contributed by atoms with Crippen molar-refractivity contribution in [2.75, 3.05) is 81.1 Å². The number of amides is 17. The summed E-state index contributed by atoms with van der Waals surface area (Å²) in [5.41, 5.74) is 14.0. The van der Waals surface area contributed by atoms with Crippen LogP contribution in [0.3, 0.4) is 0 Å². The molecular formula is C99H138N18O21. The lowest BCUT2D eigenvalue weighted by Gasteiger charge is -2.35. The van der Waals surface area contributed by atoms with Gasteiger partial charge in [0.25, 0.3) is 0 Å². The summed E-state index contributed by atoms with van der Waals surface area (Å²) in [6.07, 6.45) is 2.09. The first-order chi connectivity index (χ1) is 65.6. The Hall–Kier alpha value is -13.7. The minimum Gasteiger partial charge on any atom is -0.508 e. The van der Waals surface area contributed by atoms with Gasteiger partial charge in [-0.15, -0.1) is 0 Å². The highest BCUT2D eigenvalue weighted by Crippen LogP contribution is 2.27. The molecule has 16 N–H and O–H groups in total. The molecule has 7 rings (SSSR count). The van der Waals surface area contributed by atoms with Crippen LogP contribution < -0.4 is 59.3 Å². The van der Waals surface area contributed by atoms with Crippen LogP contribution in [0.1, 0.15) is 153 Å². The standard InChI is InChI=1S/C99H138N18O21/c1-13-15-19-34-70(95(134)114(11)79(53-64-30-22-17-23-31-64)97(136)111(8)57-85(125)105-74(52-67-39-43-69(120)44-40-67)96(135)115(12)80(54-65-32-24-18-25-33-65)99(138)117-48-26-35-77(117)92(131)108-75(55-100)81(121)45-46-82(101)122)103-84(124)56-102-89(128)76(59-118)109-93(132)87(61(5)6)110-91(130)72(51-66-37-41-68(119)42-38-66)106-88(127)62(7)113(10)98(137)78-36-27-47-116(78)86(126)58-112(9)94(133)73(49-60(3)4)107-90(129)71(104-83(123)14-2)50-63-28-20-16-21-29-63/h16-18,20-25,28-33,37-44,60-62,70-80,87,118-120H,13-15,19,26-27,34-36,45-59,100H2,1-12H3,(H2,101,122)(H,102,128)(H,103,124)(H,104,123)(H,105,125)(H,106,127)(H,107,129)(H,108,131)(H,109,132)(H,110,130)/t62-,70-,71-,72-,73-,74-,75-,76-,77-,78-,79-,80-,87-/m0/s1. The summed E-state index contributed by atoms with van der Waals surface area (Å²) in [4.78, 5) is 263. The van der Waals surface area contributed by atoms with E-state index in [1.54, 1.807) is 93.6 Å². The molecule has 2 saturated heterocycles. The van der Waals surface area contributed by atoms with Crippen molar-refractivity contribution < 1.29 is 102 Å². The van der Waals surface area contributed by atoms with Crippen LogP contribution in [0.25, 0.3) is 0 Å². The third-order valence-corrected chi connectivity index (χ3v) is 24.6. The molecular weight excluding hydrogens is 1780 g/mol. The summed E-state index contributed by atoms with van der Waals surface area (Å²) < 4.78 is 0. The third kappa shape index (κ3) is 33.6. The smallest absolute Gasteiger partial charge is 0.246 e. The molecule has 5 aromatic rings. The Morgan fingerprint density at radius 2 is 0.913 bits per heavy atom. The van der Waals surface area contributed by atoms with E-state index >= 15 is 19.2 Å². The van der Waals surface area contributed by atoms with Gasteiger partial charge in [-0.2, -0.15) is 0 Å². The number of carbonyl (C=O) groups is 18. The highest BCUT2D eigenvalue weighted by atomic mass is 16.3. The number of aliphatic hydroxyl groups is 1. The highest BCUT2D eigenvalue weighted by molar-refractivity contribution is 6.01. The van der Waals surface area contributed by atoms with E-state index in [1.807, 2.05) is 39.0 Å². The first-order valence-corrected chi connectivity index (χ1v) is 47.0. The van der Waals surface area contributed by atoms with Crippen molar-refractivity contribution in [1.82, 2.24) is 82.2 Å². The molecule has 17 amide bonds. The Balaban J connectivity index is 1.00. The van der Waals surface area contributed by atoms with Crippen LogP contribution in [0.2, 0.25) is 0 Å². The second-order valence-electron chi connectivity index (χ2n) is 36.1. The molecule has 2 fully saturated rings. The average molecular weight is 1920 g/mol. The summed E-state index contributed by atoms with van der Waals surface area (Å²) in [5.74, 6) is -14.3. The molecule has 0 aromatic heterocycles. The second kappa shape index (κ2) is 54.9. The van der Waals surface area contributed by atoms with E-state index in [1.165, 1.54) is 105 Å². The summed E-state index contributed by atoms with van der Waals surface area (Å²) in [6.45, 7) is 8.66. The summed E-state index contributed by atoms with van der Waals surface area (Å²) in [6, 6.07) is 20.9. The summed E-state index contributed by atoms with van der Waals surface area (Å²) in [7, 11) is 6.79. The predicted octanol–water partition coefficient (Wildman–Crippen LogP) is 0.483. The Labute approximate surface area is 805 Å². The number of nitrogens with one attached hydrogen (secondary N) is 9. The van der Waals surface area contributed by atoms with Crippen LogP contribution in [0.5, 0.6) is 11.5 Å². The number of benzene rings is 5. The molecule has 138 heavy (non-hydrogen) atoms. The Morgan fingerprint density at radius 1 is 0.442 bits per heavy atom. The quantitative estimate of drug-likeness (QED) is 0.0236. The van der Waals surface area contributed by atoms with Gasteiger partial charge >= 0.3 is 0 Å². The number of aromatic hydroxyl groups is 2. The zero-order chi connectivity index (χ0) is 102. The van der Waals surface area contributed by atoms with E-state index in [-0.39, 0.29) is 120 Å². The van der Waals surface area contributed by atoms with Crippen LogP contribution in [-0.2, 0) is 118 Å². The van der Waals surface area contributed by atoms with Crippen molar-refractivity contribution in [3.05, 3.63) is 167 Å². The fourth-order valence-electron chi connectivity index (χ4n) is 16.5. The highest BCUT2D eigenvalue weighted by Gasteiger charge is 2.45. The lowest BCUT2D eigenvalue weighted by molar-refractivity contribution is -0.149. The number of hydrogen-bond acceptors (Lipinski definition) is 22. The number of primary amides is 1. The number of nitrogens with zero attached hydrogens (tertiary/aromatic N) is 7. The van der Waals surface area contributed by atoms with E-state index in [2.05, 4.69) is 47.9 Å². The molecule has 39 nitrogen and oxygen atoms in total. The first kappa shape index (κ1) is 111. The number of likely N-dealkylation sites (tertiary alicyclic amines) is 2. The number of phenolic OH excluding ortho intramolecular Hbond substituents is 2. The zero-order valence-corrected chi connectivity index (χ0v) is 80.9. The van der Waals surface area contributed by atoms with Gasteiger partial charge in [0.1, 0.15) is 84.0 Å². The summed E-state index contributed by atoms with van der Waals surface area (Å²) in [5, 5.41) is 54.9. The SMILES string of the molecule is CCCCC[C@H](NC(=O)CNC(=O)[C@H](CO)NC(=O)[C@@H](NC(=O)[C@H](Cc1ccc(O)cc1)NC(=O)[C@H](C)N(C)C(=O)[C@@H]1CCCN1C(=O)CN(C)C(=O)[C@H](CC(C)C)NC(=O)[C@H](Cc1ccccc1)NC(=O)CC)C(C)C)C(=O)N(C)[C@@H](Cc1ccccc1)C(=O)N(C)CC(=O)N[C@@H](Cc1ccc(O)cc1)C(=O)N(C)[C@@H](Cc1ccccc1)C(=O)N1CCC[C@H]1C(=O)N[C@@H](CN)C(=O)CCC(N)=O. The fourth-order valence-corrected chi connectivity index (χ4v) is 16.5. The number of aliphatic hydroxyl groups excluding tert-OH is 1. The van der Waals surface area contributed by atoms with E-state index < -0.39 is 211 Å². The van der Waals surface area contributed by atoms with Crippen LogP contribution in [0, 0.1) is 11.8 Å². The largest absolute Gasteiger partial charge is 0.508 e. The van der Waals surface area contributed by atoms with Gasteiger partial charge in [0, 0.05) is 106 Å². The van der Waals surface area contributed by atoms with Gasteiger partial charge in [-0.3, -0.25) is 86.3 Å². The van der Waals surface area contributed by atoms with Gasteiger partial charge < -0.3 is 109 Å². The molecule has 2 heterocycles. The van der Waals surface area contributed by atoms with Gasteiger partial charge in [0.05, 0.1) is 32.3 Å². The minimum absolute atomic E-state index is 0.0325. The molecule has 5 aromatic carbocycles. The predicted molar refractivity (Wildman–Crippen MR) is 511 cm³/mol. The van der Waals surface area contributed by atoms with Crippen LogP contribution in [0.4, 0.5) is 0 Å². The van der Waals surface area contributed by atoms with E-state index in [0.29, 0.717) is 54.4 Å². The molecule has 0 radical (unpaired) electrons. The van der Waals surface area contributed by atoms with E-state index in [0.717, 1.165) is 25.2 Å². The number of likely N-dealkylation sites (N-methyl/N-ethyl adjacent to an activating group) is 5. The Kier molecular flexibility index (Phi) is 44.3. The zero-order valence-electron chi connectivity index (χ0n) is 80.9. The first-order valence-electron chi connectivity index (χ1n) is 47.0. The molecule has 0 aliphatic carbocycles. The van der Waals surface area contributed by atoms with Crippen molar-refractivity contribution in [3.63, 3.8) is 0 Å². The number of ketones is 1. The Bertz CT molecular complexity index is 5000. The third-order valence-electron chi connectivity index (χ3n) is 24.6. The number of phenols is 2. The topological polar surface area (TPSA) is 551 Å². The Morgan fingerprint density at radius 3 is 1.44 bits per heavy atom. The average Bonchev–Trinajstić information content (AvgIpc) is 1.56. The molecule has 39 heteroatoms. The van der Waals surface area contributed by atoms with Crippen LogP contribution >= 0.6 is 0 Å². The van der Waals surface area contributed by atoms with Crippen molar-refractivity contribution in [2.24, 2.45) is 23.3 Å². The number of nitrogens with two attached hydrogens (primary N) is 2. The summed E-state index contributed by atoms with van der Waals surface area (Å²) >= 11 is 0. The molecule has 2 aliphatic rings.